The van der Waals surface area contributed by atoms with Gasteiger partial charge in [0.15, 0.2) is 0 Å². The van der Waals surface area contributed by atoms with Gasteiger partial charge in [-0.1, -0.05) is 49.4 Å². The monoisotopic (exact) mass is 434 g/mol. The van der Waals surface area contributed by atoms with E-state index < -0.39 is 0 Å². The Morgan fingerprint density at radius 3 is 2.74 bits per heavy atom. The minimum absolute atomic E-state index is 0.135. The fourth-order valence-corrected chi connectivity index (χ4v) is 3.95. The van der Waals surface area contributed by atoms with Crippen molar-refractivity contribution in [3.05, 3.63) is 86.8 Å². The van der Waals surface area contributed by atoms with Crippen molar-refractivity contribution in [3.63, 3.8) is 0 Å². The quantitative estimate of drug-likeness (QED) is 0.486. The van der Waals surface area contributed by atoms with Crippen molar-refractivity contribution in [1.29, 1.82) is 0 Å². The normalized spacial score (nSPS) is 11.1. The number of aryl methyl sites for hydroxylation is 1. The second-order valence-corrected chi connectivity index (χ2v) is 8.45. The van der Waals surface area contributed by atoms with Crippen LogP contribution in [0, 0.1) is 6.92 Å². The molecule has 0 fully saturated rings. The number of aromatic nitrogens is 3. The van der Waals surface area contributed by atoms with Crippen LogP contribution in [0.4, 0.5) is 5.69 Å². The average Bonchev–Trinajstić information content (AvgIpc) is 3.18. The van der Waals surface area contributed by atoms with Crippen molar-refractivity contribution >= 4 is 27.9 Å². The van der Waals surface area contributed by atoms with E-state index >= 15 is 0 Å². The van der Waals surface area contributed by atoms with E-state index in [1.165, 1.54) is 21.9 Å². The number of nitrogens with zero attached hydrogens (tertiary/aromatic N) is 3. The van der Waals surface area contributed by atoms with E-state index in [4.69, 9.17) is 4.74 Å². The first-order valence-electron chi connectivity index (χ1n) is 9.90. The van der Waals surface area contributed by atoms with Crippen molar-refractivity contribution in [2.75, 3.05) is 5.32 Å². The standard InChI is InChI=1S/C23H22N4O3S/c1-14(2)22-26-27-20(28)12-17(25-23(27)31-22)13-30-18-9-6-8-16(11-18)24-21(29)19-10-5-4-7-15(19)3/h4-12,14H,13H2,1-3H3,(H,24,29). The van der Waals surface area contributed by atoms with Crippen molar-refractivity contribution in [3.8, 4) is 5.75 Å². The molecule has 0 saturated heterocycles. The molecule has 2 heterocycles. The number of fused-ring (bicyclic) bond motifs is 1. The Labute approximate surface area is 183 Å². The number of benzene rings is 2. The second kappa shape index (κ2) is 8.69. The van der Waals surface area contributed by atoms with Gasteiger partial charge in [-0.15, -0.1) is 0 Å². The van der Waals surface area contributed by atoms with Crippen LogP contribution in [0.15, 0.2) is 59.4 Å². The van der Waals surface area contributed by atoms with Crippen molar-refractivity contribution in [1.82, 2.24) is 14.6 Å². The number of ether oxygens (including phenoxy) is 1. The highest BCUT2D eigenvalue weighted by molar-refractivity contribution is 7.16. The van der Waals surface area contributed by atoms with E-state index in [9.17, 15) is 9.59 Å². The van der Waals surface area contributed by atoms with Gasteiger partial charge in [0.05, 0.1) is 5.69 Å². The summed E-state index contributed by atoms with van der Waals surface area (Å²) in [7, 11) is 0. The Hall–Kier alpha value is -3.52. The van der Waals surface area contributed by atoms with Crippen LogP contribution in [0.3, 0.4) is 0 Å². The largest absolute Gasteiger partial charge is 0.487 e. The first-order chi connectivity index (χ1) is 14.9. The predicted molar refractivity (Wildman–Crippen MR) is 121 cm³/mol. The third kappa shape index (κ3) is 4.64. The highest BCUT2D eigenvalue weighted by Gasteiger charge is 2.12. The molecule has 4 rings (SSSR count). The van der Waals surface area contributed by atoms with Gasteiger partial charge < -0.3 is 10.1 Å². The van der Waals surface area contributed by atoms with Gasteiger partial charge in [-0.3, -0.25) is 9.59 Å². The summed E-state index contributed by atoms with van der Waals surface area (Å²) < 4.78 is 7.15. The molecular formula is C23H22N4O3S. The number of anilines is 1. The van der Waals surface area contributed by atoms with Gasteiger partial charge >= 0.3 is 0 Å². The number of amides is 1. The molecule has 2 aromatic heterocycles. The molecule has 0 unspecified atom stereocenters. The lowest BCUT2D eigenvalue weighted by Crippen LogP contribution is -2.16. The molecule has 0 atom stereocenters. The maximum Gasteiger partial charge on any atom is 0.275 e. The molecular weight excluding hydrogens is 412 g/mol. The molecule has 0 aliphatic rings. The van der Waals surface area contributed by atoms with Crippen LogP contribution in [-0.2, 0) is 6.61 Å². The number of carbonyl (C=O) groups is 1. The zero-order valence-corrected chi connectivity index (χ0v) is 18.3. The Morgan fingerprint density at radius 2 is 1.97 bits per heavy atom. The lowest BCUT2D eigenvalue weighted by atomic mass is 10.1. The van der Waals surface area contributed by atoms with Gasteiger partial charge in [0.1, 0.15) is 17.4 Å². The molecule has 158 valence electrons. The number of carbonyl (C=O) groups excluding carboxylic acids is 1. The van der Waals surface area contributed by atoms with Crippen molar-refractivity contribution < 1.29 is 9.53 Å². The first-order valence-corrected chi connectivity index (χ1v) is 10.7. The molecule has 31 heavy (non-hydrogen) atoms. The summed E-state index contributed by atoms with van der Waals surface area (Å²) in [5, 5.41) is 8.07. The zero-order chi connectivity index (χ0) is 22.0. The van der Waals surface area contributed by atoms with Gasteiger partial charge in [-0.05, 0) is 30.7 Å². The van der Waals surface area contributed by atoms with Gasteiger partial charge in [0.2, 0.25) is 4.96 Å². The summed E-state index contributed by atoms with van der Waals surface area (Å²) in [5.74, 6) is 0.613. The van der Waals surface area contributed by atoms with Crippen LogP contribution in [-0.4, -0.2) is 20.5 Å². The van der Waals surface area contributed by atoms with Crippen LogP contribution < -0.4 is 15.6 Å². The van der Waals surface area contributed by atoms with Crippen molar-refractivity contribution in [2.45, 2.75) is 33.3 Å². The molecule has 0 aliphatic heterocycles. The Bertz CT molecular complexity index is 1310. The number of nitrogens with one attached hydrogen (secondary N) is 1. The maximum atomic E-state index is 12.5. The molecule has 1 N–H and O–H groups in total. The second-order valence-electron chi connectivity index (χ2n) is 7.46. The van der Waals surface area contributed by atoms with Gasteiger partial charge in [-0.25, -0.2) is 4.98 Å². The Morgan fingerprint density at radius 1 is 1.16 bits per heavy atom. The molecule has 0 radical (unpaired) electrons. The zero-order valence-electron chi connectivity index (χ0n) is 17.5. The highest BCUT2D eigenvalue weighted by atomic mass is 32.1. The van der Waals surface area contributed by atoms with Gasteiger partial charge in [0.25, 0.3) is 11.5 Å². The molecule has 0 saturated carbocycles. The van der Waals surface area contributed by atoms with Crippen molar-refractivity contribution in [2.24, 2.45) is 0 Å². The Balaban J connectivity index is 1.47. The summed E-state index contributed by atoms with van der Waals surface area (Å²) in [6.45, 7) is 6.08. The SMILES string of the molecule is Cc1ccccc1C(=O)Nc1cccc(OCc2cc(=O)n3nc(C(C)C)sc3n2)c1. The van der Waals surface area contributed by atoms with Crippen LogP contribution in [0.5, 0.6) is 5.75 Å². The first kappa shape index (κ1) is 20.7. The smallest absolute Gasteiger partial charge is 0.275 e. The van der Waals surface area contributed by atoms with Gasteiger partial charge in [0, 0.05) is 29.3 Å². The molecule has 4 aromatic rings. The van der Waals surface area contributed by atoms with E-state index in [0.29, 0.717) is 27.7 Å². The lowest BCUT2D eigenvalue weighted by Gasteiger charge is -2.10. The fourth-order valence-electron chi connectivity index (χ4n) is 3.03. The Kier molecular flexibility index (Phi) is 5.81. The van der Waals surface area contributed by atoms with Crippen LogP contribution in [0.2, 0.25) is 0 Å². The topological polar surface area (TPSA) is 85.6 Å². The highest BCUT2D eigenvalue weighted by Crippen LogP contribution is 2.22. The number of hydrogen-bond acceptors (Lipinski definition) is 6. The van der Waals surface area contributed by atoms with E-state index in [-0.39, 0.29) is 24.0 Å². The molecule has 8 heteroatoms. The van der Waals surface area contributed by atoms with E-state index in [1.54, 1.807) is 30.3 Å². The lowest BCUT2D eigenvalue weighted by molar-refractivity contribution is 0.102. The van der Waals surface area contributed by atoms with Crippen LogP contribution in [0.1, 0.15) is 46.4 Å². The third-order valence-corrected chi connectivity index (χ3v) is 5.88. The third-order valence-electron chi connectivity index (χ3n) is 4.68. The van der Waals surface area contributed by atoms with E-state index in [1.807, 2.05) is 39.0 Å². The van der Waals surface area contributed by atoms with Crippen LogP contribution >= 0.6 is 11.3 Å². The van der Waals surface area contributed by atoms with E-state index in [0.717, 1.165) is 10.6 Å². The van der Waals surface area contributed by atoms with E-state index in [2.05, 4.69) is 15.4 Å². The molecule has 0 aliphatic carbocycles. The molecule has 0 bridgehead atoms. The summed E-state index contributed by atoms with van der Waals surface area (Å²) in [6.07, 6.45) is 0. The summed E-state index contributed by atoms with van der Waals surface area (Å²) in [5.41, 5.74) is 2.45. The number of hydrogen-bond donors (Lipinski definition) is 1. The number of rotatable bonds is 6. The summed E-state index contributed by atoms with van der Waals surface area (Å²) in [6, 6.07) is 16.0. The predicted octanol–water partition coefficient (Wildman–Crippen LogP) is 4.41. The van der Waals surface area contributed by atoms with Crippen LogP contribution in [0.25, 0.3) is 4.96 Å². The molecule has 7 nitrogen and oxygen atoms in total. The molecule has 0 spiro atoms. The maximum absolute atomic E-state index is 12.5. The minimum atomic E-state index is -0.231. The molecule has 2 aromatic carbocycles. The minimum Gasteiger partial charge on any atom is -0.487 e. The van der Waals surface area contributed by atoms with Gasteiger partial charge in [-0.2, -0.15) is 9.61 Å². The fraction of sp³-hybridized carbons (Fsp3) is 0.217. The molecule has 1 amide bonds. The summed E-state index contributed by atoms with van der Waals surface area (Å²) in [4.78, 5) is 29.9. The summed E-state index contributed by atoms with van der Waals surface area (Å²) >= 11 is 1.40. The average molecular weight is 435 g/mol.